The molecule has 0 spiro atoms. The molecule has 2 aromatic rings. The van der Waals surface area contributed by atoms with Crippen LogP contribution in [-0.2, 0) is 16.9 Å². The molecule has 1 aliphatic heterocycles. The van der Waals surface area contributed by atoms with Crippen molar-refractivity contribution in [3.63, 3.8) is 0 Å². The average Bonchev–Trinajstić information content (AvgIpc) is 3.33. The summed E-state index contributed by atoms with van der Waals surface area (Å²) in [4.78, 5) is 6.99. The molecule has 23 heavy (non-hydrogen) atoms. The van der Waals surface area contributed by atoms with Crippen molar-refractivity contribution in [3.05, 3.63) is 66.0 Å². The number of benzene rings is 1. The molecule has 0 N–H and O–H groups in total. The quantitative estimate of drug-likeness (QED) is 0.815. The van der Waals surface area contributed by atoms with Crippen LogP contribution in [0.15, 0.2) is 54.7 Å². The maximum Gasteiger partial charge on any atom is 0.107 e. The van der Waals surface area contributed by atoms with Crippen LogP contribution in [0.1, 0.15) is 30.5 Å². The molecular weight excluding hydrogens is 284 g/mol. The fraction of sp³-hybridized carbons (Fsp3) is 0.450. The van der Waals surface area contributed by atoms with E-state index >= 15 is 0 Å². The summed E-state index contributed by atoms with van der Waals surface area (Å²) in [7, 11) is 0. The lowest BCUT2D eigenvalue weighted by Crippen LogP contribution is -2.34. The van der Waals surface area contributed by atoms with Gasteiger partial charge in [-0.15, -0.1) is 0 Å². The lowest BCUT2D eigenvalue weighted by atomic mass is 9.92. The number of likely N-dealkylation sites (tertiary alicyclic amines) is 1. The van der Waals surface area contributed by atoms with Crippen LogP contribution in [0.2, 0.25) is 0 Å². The molecule has 0 bridgehead atoms. The molecule has 0 amide bonds. The van der Waals surface area contributed by atoms with E-state index in [1.54, 1.807) is 0 Å². The molecule has 2 aliphatic rings. The second kappa shape index (κ2) is 6.42. The second-order valence-electron chi connectivity index (χ2n) is 6.90. The summed E-state index contributed by atoms with van der Waals surface area (Å²) in [5, 5.41) is 0. The van der Waals surface area contributed by atoms with E-state index in [9.17, 15) is 0 Å². The van der Waals surface area contributed by atoms with E-state index < -0.39 is 0 Å². The SMILES string of the molecule is c1ccc(C2(OCc3ccccn3)CCN(CC3CC3)C2)cc1. The minimum atomic E-state index is -0.187. The maximum atomic E-state index is 6.49. The molecule has 1 aromatic heterocycles. The first kappa shape index (κ1) is 14.9. The van der Waals surface area contributed by atoms with Crippen molar-refractivity contribution in [1.29, 1.82) is 0 Å². The van der Waals surface area contributed by atoms with Gasteiger partial charge in [-0.3, -0.25) is 9.88 Å². The highest BCUT2D eigenvalue weighted by molar-refractivity contribution is 5.25. The van der Waals surface area contributed by atoms with Gasteiger partial charge >= 0.3 is 0 Å². The Morgan fingerprint density at radius 1 is 1.09 bits per heavy atom. The van der Waals surface area contributed by atoms with Crippen LogP contribution in [0.25, 0.3) is 0 Å². The Labute approximate surface area is 138 Å². The van der Waals surface area contributed by atoms with Gasteiger partial charge in [0.1, 0.15) is 5.60 Å². The average molecular weight is 308 g/mol. The monoisotopic (exact) mass is 308 g/mol. The van der Waals surface area contributed by atoms with Crippen LogP contribution in [0, 0.1) is 5.92 Å². The van der Waals surface area contributed by atoms with Crippen LogP contribution < -0.4 is 0 Å². The summed E-state index contributed by atoms with van der Waals surface area (Å²) in [5.41, 5.74) is 2.12. The van der Waals surface area contributed by atoms with Gasteiger partial charge in [-0.05, 0) is 42.9 Å². The molecule has 1 saturated carbocycles. The molecule has 3 heteroatoms. The molecule has 1 atom stereocenters. The summed E-state index contributed by atoms with van der Waals surface area (Å²) in [5.74, 6) is 0.928. The van der Waals surface area contributed by atoms with Gasteiger partial charge in [-0.1, -0.05) is 36.4 Å². The Hall–Kier alpha value is -1.71. The zero-order chi connectivity index (χ0) is 15.5. The molecule has 3 nitrogen and oxygen atoms in total. The van der Waals surface area contributed by atoms with Gasteiger partial charge in [0, 0.05) is 25.8 Å². The van der Waals surface area contributed by atoms with Gasteiger partial charge in [0.25, 0.3) is 0 Å². The van der Waals surface area contributed by atoms with Crippen LogP contribution in [0.5, 0.6) is 0 Å². The third-order valence-corrected chi connectivity index (χ3v) is 5.05. The third-order valence-electron chi connectivity index (χ3n) is 5.05. The molecule has 1 aromatic carbocycles. The van der Waals surface area contributed by atoms with Crippen molar-refractivity contribution in [1.82, 2.24) is 9.88 Å². The van der Waals surface area contributed by atoms with E-state index in [1.807, 2.05) is 24.4 Å². The van der Waals surface area contributed by atoms with Crippen molar-refractivity contribution >= 4 is 0 Å². The first-order valence-corrected chi connectivity index (χ1v) is 8.66. The predicted octanol–water partition coefficient (Wildman–Crippen LogP) is 3.61. The number of nitrogens with zero attached hydrogens (tertiary/aromatic N) is 2. The molecule has 0 radical (unpaired) electrons. The minimum absolute atomic E-state index is 0.187. The lowest BCUT2D eigenvalue weighted by Gasteiger charge is -2.30. The van der Waals surface area contributed by atoms with Crippen molar-refractivity contribution in [2.45, 2.75) is 31.5 Å². The maximum absolute atomic E-state index is 6.49. The highest BCUT2D eigenvalue weighted by Gasteiger charge is 2.42. The van der Waals surface area contributed by atoms with Crippen LogP contribution in [0.3, 0.4) is 0 Å². The van der Waals surface area contributed by atoms with Crippen LogP contribution in [0.4, 0.5) is 0 Å². The Kier molecular flexibility index (Phi) is 4.15. The van der Waals surface area contributed by atoms with Crippen LogP contribution >= 0.6 is 0 Å². The van der Waals surface area contributed by atoms with Crippen molar-refractivity contribution in [3.8, 4) is 0 Å². The van der Waals surface area contributed by atoms with E-state index in [1.165, 1.54) is 24.9 Å². The van der Waals surface area contributed by atoms with Crippen molar-refractivity contribution in [2.75, 3.05) is 19.6 Å². The number of rotatable bonds is 6. The topological polar surface area (TPSA) is 25.4 Å². The summed E-state index contributed by atoms with van der Waals surface area (Å²) < 4.78 is 6.49. The van der Waals surface area contributed by atoms with Gasteiger partial charge in [0.05, 0.1) is 12.3 Å². The molecule has 2 fully saturated rings. The van der Waals surface area contributed by atoms with Crippen molar-refractivity contribution in [2.24, 2.45) is 5.92 Å². The molecular formula is C20H24N2O. The summed E-state index contributed by atoms with van der Waals surface area (Å²) in [6.45, 7) is 3.95. The molecule has 4 rings (SSSR count). The standard InChI is InChI=1S/C20H24N2O/c1-2-6-18(7-3-1)20(23-15-19-8-4-5-12-21-19)11-13-22(16-20)14-17-9-10-17/h1-8,12,17H,9-11,13-16H2. The van der Waals surface area contributed by atoms with E-state index in [4.69, 9.17) is 4.74 Å². The van der Waals surface area contributed by atoms with E-state index in [-0.39, 0.29) is 5.60 Å². The fourth-order valence-corrected chi connectivity index (χ4v) is 3.55. The lowest BCUT2D eigenvalue weighted by molar-refractivity contribution is -0.0553. The molecule has 1 unspecified atom stereocenters. The molecule has 2 heterocycles. The first-order valence-electron chi connectivity index (χ1n) is 8.66. The number of pyridine rings is 1. The van der Waals surface area contributed by atoms with E-state index in [0.29, 0.717) is 6.61 Å². The number of hydrogen-bond donors (Lipinski definition) is 0. The summed E-state index contributed by atoms with van der Waals surface area (Å²) in [6.07, 6.45) is 5.71. The van der Waals surface area contributed by atoms with Crippen molar-refractivity contribution < 1.29 is 4.74 Å². The summed E-state index contributed by atoms with van der Waals surface area (Å²) >= 11 is 0. The number of aromatic nitrogens is 1. The van der Waals surface area contributed by atoms with E-state index in [0.717, 1.165) is 31.1 Å². The third kappa shape index (κ3) is 3.46. The van der Waals surface area contributed by atoms with Gasteiger partial charge < -0.3 is 4.74 Å². The van der Waals surface area contributed by atoms with Crippen LogP contribution in [-0.4, -0.2) is 29.5 Å². The fourth-order valence-electron chi connectivity index (χ4n) is 3.55. The Bertz CT molecular complexity index is 627. The molecule has 120 valence electrons. The zero-order valence-corrected chi connectivity index (χ0v) is 13.5. The number of hydrogen-bond acceptors (Lipinski definition) is 3. The smallest absolute Gasteiger partial charge is 0.107 e. The van der Waals surface area contributed by atoms with Gasteiger partial charge in [0.2, 0.25) is 0 Å². The summed E-state index contributed by atoms with van der Waals surface area (Å²) in [6, 6.07) is 16.7. The molecule has 1 saturated heterocycles. The van der Waals surface area contributed by atoms with Gasteiger partial charge in [0.15, 0.2) is 0 Å². The Balaban J connectivity index is 1.52. The largest absolute Gasteiger partial charge is 0.363 e. The highest BCUT2D eigenvalue weighted by atomic mass is 16.5. The van der Waals surface area contributed by atoms with E-state index in [2.05, 4.69) is 40.2 Å². The first-order chi connectivity index (χ1) is 11.3. The highest BCUT2D eigenvalue weighted by Crippen LogP contribution is 2.39. The zero-order valence-electron chi connectivity index (χ0n) is 13.5. The van der Waals surface area contributed by atoms with Gasteiger partial charge in [-0.2, -0.15) is 0 Å². The van der Waals surface area contributed by atoms with Gasteiger partial charge in [-0.25, -0.2) is 0 Å². The normalized spacial score (nSPS) is 24.9. The number of ether oxygens (including phenoxy) is 1. The predicted molar refractivity (Wildman–Crippen MR) is 90.9 cm³/mol. The second-order valence-corrected chi connectivity index (χ2v) is 6.90. The minimum Gasteiger partial charge on any atom is -0.363 e. The molecule has 1 aliphatic carbocycles. The Morgan fingerprint density at radius 2 is 1.91 bits per heavy atom. The Morgan fingerprint density at radius 3 is 2.65 bits per heavy atom.